The Labute approximate surface area is 381 Å². The Morgan fingerprint density at radius 1 is 0.477 bits per heavy atom. The smallest absolute Gasteiger partial charge is 0.140 e. The molecule has 1 heterocycles. The van der Waals surface area contributed by atoms with E-state index in [4.69, 9.17) is 4.42 Å². The molecule has 2 unspecified atom stereocenters. The molecule has 0 amide bonds. The Hall–Kier alpha value is -7.68. The van der Waals surface area contributed by atoms with E-state index in [9.17, 15) is 0 Å². The number of hydrogen-bond acceptors (Lipinski definition) is 2. The van der Waals surface area contributed by atoms with Gasteiger partial charge in [-0.1, -0.05) is 209 Å². The summed E-state index contributed by atoms with van der Waals surface area (Å²) in [6.07, 6.45) is 9.27. The summed E-state index contributed by atoms with van der Waals surface area (Å²) in [6.45, 7) is 7.27. The molecule has 9 aromatic carbocycles. The summed E-state index contributed by atoms with van der Waals surface area (Å²) < 4.78 is 6.87. The highest BCUT2D eigenvalue weighted by molar-refractivity contribution is 6.06. The first-order chi connectivity index (χ1) is 31.8. The fraction of sp³-hybridized carbons (Fsp3) is 0.111. The molecule has 2 aliphatic rings. The van der Waals surface area contributed by atoms with Crippen molar-refractivity contribution in [3.05, 3.63) is 270 Å². The molecule has 2 heteroatoms. The normalized spacial score (nSPS) is 17.4. The molecule has 1 aromatic heterocycles. The molecule has 65 heavy (non-hydrogen) atoms. The van der Waals surface area contributed by atoms with Crippen LogP contribution in [-0.2, 0) is 10.8 Å². The molecule has 0 aliphatic heterocycles. The van der Waals surface area contributed by atoms with E-state index in [0.29, 0.717) is 5.92 Å². The van der Waals surface area contributed by atoms with E-state index >= 15 is 0 Å². The van der Waals surface area contributed by atoms with E-state index in [2.05, 4.69) is 262 Å². The number of nitrogens with zero attached hydrogens (tertiary/aromatic N) is 1. The van der Waals surface area contributed by atoms with Gasteiger partial charge in [-0.25, -0.2) is 0 Å². The molecule has 0 N–H and O–H groups in total. The summed E-state index contributed by atoms with van der Waals surface area (Å²) in [5, 5.41) is 4.73. The van der Waals surface area contributed by atoms with Crippen LogP contribution < -0.4 is 4.90 Å². The van der Waals surface area contributed by atoms with E-state index in [-0.39, 0.29) is 10.8 Å². The van der Waals surface area contributed by atoms with Gasteiger partial charge in [0.25, 0.3) is 0 Å². The molecule has 0 bridgehead atoms. The van der Waals surface area contributed by atoms with Crippen LogP contribution in [0.15, 0.2) is 241 Å². The second-order valence-electron chi connectivity index (χ2n) is 18.7. The van der Waals surface area contributed by atoms with Crippen LogP contribution in [0.25, 0.3) is 43.8 Å². The number of anilines is 3. The molecular formula is C63H49NO. The van der Waals surface area contributed by atoms with Gasteiger partial charge < -0.3 is 9.32 Å². The Bertz CT molecular complexity index is 3430. The molecule has 0 radical (unpaired) electrons. The van der Waals surface area contributed by atoms with Gasteiger partial charge in [-0.15, -0.1) is 0 Å². The van der Waals surface area contributed by atoms with Crippen molar-refractivity contribution in [1.29, 1.82) is 0 Å². The molecule has 0 saturated carbocycles. The second kappa shape index (κ2) is 15.0. The molecule has 312 valence electrons. The van der Waals surface area contributed by atoms with Crippen molar-refractivity contribution in [2.75, 3.05) is 4.90 Å². The first-order valence-electron chi connectivity index (χ1n) is 22.9. The molecule has 2 aliphatic carbocycles. The molecule has 0 fully saturated rings. The van der Waals surface area contributed by atoms with Crippen molar-refractivity contribution in [3.8, 4) is 11.1 Å². The summed E-state index contributed by atoms with van der Waals surface area (Å²) in [7, 11) is 0. The number of benzene rings is 9. The minimum absolute atomic E-state index is 0.0163. The van der Waals surface area contributed by atoms with Crippen LogP contribution in [-0.4, -0.2) is 0 Å². The van der Waals surface area contributed by atoms with Gasteiger partial charge in [0.05, 0.1) is 5.41 Å². The van der Waals surface area contributed by atoms with Crippen molar-refractivity contribution in [3.63, 3.8) is 0 Å². The standard InChI is InChI=1S/C63H49NO/c1-61(2)58-42-52(38-39-55(58)56-25-14-15-40-62(56,61)3)64(50-34-30-44(31-35-50)46-29-28-43-17-10-11-18-45(43)41-46)51-36-32-49(33-37-51)63(47-19-6-4-7-20-47,48-21-8-5-9-22-48)57-26-16-24-54-53-23-12-13-27-59(53)65-60(54)57/h4-42,56H,1-3H3. The van der Waals surface area contributed by atoms with Crippen molar-refractivity contribution < 1.29 is 4.42 Å². The van der Waals surface area contributed by atoms with Gasteiger partial charge in [-0.3, -0.25) is 0 Å². The molecule has 12 rings (SSSR count). The zero-order chi connectivity index (χ0) is 43.8. The van der Waals surface area contributed by atoms with Gasteiger partial charge in [-0.05, 0) is 104 Å². The highest BCUT2D eigenvalue weighted by Crippen LogP contribution is 2.62. The minimum Gasteiger partial charge on any atom is -0.456 e. The van der Waals surface area contributed by atoms with Gasteiger partial charge in [-0.2, -0.15) is 0 Å². The number of rotatable bonds is 8. The van der Waals surface area contributed by atoms with E-state index in [0.717, 1.165) is 50.1 Å². The van der Waals surface area contributed by atoms with Crippen LogP contribution in [0.5, 0.6) is 0 Å². The molecule has 0 saturated heterocycles. The summed E-state index contributed by atoms with van der Waals surface area (Å²) in [6, 6.07) is 77.8. The number of furan rings is 1. The lowest BCUT2D eigenvalue weighted by Crippen LogP contribution is -2.36. The van der Waals surface area contributed by atoms with Gasteiger partial charge >= 0.3 is 0 Å². The summed E-state index contributed by atoms with van der Waals surface area (Å²) in [5.74, 6) is 0.334. The summed E-state index contributed by atoms with van der Waals surface area (Å²) in [4.78, 5) is 2.44. The first kappa shape index (κ1) is 39.0. The lowest BCUT2D eigenvalue weighted by Gasteiger charge is -2.41. The third kappa shape index (κ3) is 5.94. The van der Waals surface area contributed by atoms with E-state index in [1.54, 1.807) is 0 Å². The average Bonchev–Trinajstić information content (AvgIpc) is 3.83. The predicted molar refractivity (Wildman–Crippen MR) is 272 cm³/mol. The largest absolute Gasteiger partial charge is 0.456 e. The molecule has 2 nitrogen and oxygen atoms in total. The maximum Gasteiger partial charge on any atom is 0.140 e. The highest BCUT2D eigenvalue weighted by Gasteiger charge is 2.53. The van der Waals surface area contributed by atoms with Crippen molar-refractivity contribution >= 4 is 49.8 Å². The highest BCUT2D eigenvalue weighted by atomic mass is 16.3. The maximum atomic E-state index is 6.87. The van der Waals surface area contributed by atoms with Crippen LogP contribution in [0.1, 0.15) is 60.1 Å². The van der Waals surface area contributed by atoms with Crippen molar-refractivity contribution in [1.82, 2.24) is 0 Å². The quantitative estimate of drug-likeness (QED) is 0.142. The van der Waals surface area contributed by atoms with Crippen LogP contribution in [0.4, 0.5) is 17.1 Å². The van der Waals surface area contributed by atoms with E-state index in [1.807, 2.05) is 0 Å². The molecule has 0 spiro atoms. The van der Waals surface area contributed by atoms with Crippen molar-refractivity contribution in [2.45, 2.75) is 37.5 Å². The first-order valence-corrected chi connectivity index (χ1v) is 22.9. The Morgan fingerprint density at radius 2 is 1.08 bits per heavy atom. The van der Waals surface area contributed by atoms with E-state index < -0.39 is 5.41 Å². The lowest BCUT2D eigenvalue weighted by molar-refractivity contribution is 0.245. The SMILES string of the molecule is CC1(C)c2cc(N(c3ccc(-c4ccc5ccccc5c4)cc3)c3ccc(C(c4ccccc4)(c4ccccc4)c4cccc5c4oc4ccccc45)cc3)ccc2C2C=CC=CC21C. The third-order valence-corrected chi connectivity index (χ3v) is 15.1. The van der Waals surface area contributed by atoms with Crippen LogP contribution in [0.3, 0.4) is 0 Å². The Balaban J connectivity index is 1.05. The van der Waals surface area contributed by atoms with Gasteiger partial charge in [0, 0.05) is 44.7 Å². The predicted octanol–water partition coefficient (Wildman–Crippen LogP) is 16.8. The fourth-order valence-electron chi connectivity index (χ4n) is 11.4. The van der Waals surface area contributed by atoms with Crippen LogP contribution in [0, 0.1) is 5.41 Å². The summed E-state index contributed by atoms with van der Waals surface area (Å²) >= 11 is 0. The second-order valence-corrected chi connectivity index (χ2v) is 18.7. The number of fused-ring (bicyclic) bond motifs is 7. The Kier molecular flexibility index (Phi) is 8.97. The molecular weight excluding hydrogens is 787 g/mol. The fourth-order valence-corrected chi connectivity index (χ4v) is 11.4. The number of allylic oxidation sites excluding steroid dienone is 4. The van der Waals surface area contributed by atoms with Crippen LogP contribution in [0.2, 0.25) is 0 Å². The van der Waals surface area contributed by atoms with Gasteiger partial charge in [0.15, 0.2) is 0 Å². The maximum absolute atomic E-state index is 6.87. The van der Waals surface area contributed by atoms with Crippen LogP contribution >= 0.6 is 0 Å². The molecule has 10 aromatic rings. The van der Waals surface area contributed by atoms with Crippen molar-refractivity contribution in [2.24, 2.45) is 5.41 Å². The monoisotopic (exact) mass is 835 g/mol. The summed E-state index contributed by atoms with van der Waals surface area (Å²) in [5.41, 5.74) is 14.1. The molecule has 2 atom stereocenters. The topological polar surface area (TPSA) is 16.4 Å². The minimum atomic E-state index is -0.703. The van der Waals surface area contributed by atoms with Gasteiger partial charge in [0.1, 0.15) is 11.2 Å². The zero-order valence-electron chi connectivity index (χ0n) is 36.9. The number of hydrogen-bond donors (Lipinski definition) is 0. The average molecular weight is 836 g/mol. The number of para-hydroxylation sites is 2. The lowest BCUT2D eigenvalue weighted by atomic mass is 9.62. The van der Waals surface area contributed by atoms with E-state index in [1.165, 1.54) is 44.2 Å². The Morgan fingerprint density at radius 3 is 1.82 bits per heavy atom. The zero-order valence-corrected chi connectivity index (χ0v) is 36.9. The van der Waals surface area contributed by atoms with Gasteiger partial charge in [0.2, 0.25) is 0 Å². The third-order valence-electron chi connectivity index (χ3n) is 15.1.